The van der Waals surface area contributed by atoms with E-state index >= 15 is 0 Å². The first-order valence-corrected chi connectivity index (χ1v) is 6.69. The highest BCUT2D eigenvalue weighted by atomic mass is 35.5. The molecule has 0 aromatic heterocycles. The molecule has 1 N–H and O–H groups in total. The first-order chi connectivity index (χ1) is 8.25. The third kappa shape index (κ3) is 4.51. The van der Waals surface area contributed by atoms with Gasteiger partial charge < -0.3 is 5.32 Å². The maximum absolute atomic E-state index is 5.88. The number of amidine groups is 1. The molecule has 0 spiro atoms. The number of aliphatic imine (C=N–C) groups is 1. The molecule has 0 aliphatic carbocycles. The van der Waals surface area contributed by atoms with Gasteiger partial charge in [-0.1, -0.05) is 30.2 Å². The van der Waals surface area contributed by atoms with Gasteiger partial charge in [-0.2, -0.15) is 0 Å². The van der Waals surface area contributed by atoms with E-state index in [1.54, 1.807) is 0 Å². The van der Waals surface area contributed by atoms with Crippen molar-refractivity contribution in [2.45, 2.75) is 38.6 Å². The van der Waals surface area contributed by atoms with E-state index in [0.29, 0.717) is 0 Å². The number of hydrogen-bond acceptors (Lipinski definition) is 1. The van der Waals surface area contributed by atoms with Gasteiger partial charge in [0.2, 0.25) is 0 Å². The maximum atomic E-state index is 5.88. The van der Waals surface area contributed by atoms with Crippen molar-refractivity contribution in [3.05, 3.63) is 34.9 Å². The van der Waals surface area contributed by atoms with Crippen molar-refractivity contribution in [1.29, 1.82) is 0 Å². The summed E-state index contributed by atoms with van der Waals surface area (Å²) in [5, 5.41) is 4.20. The Labute approximate surface area is 120 Å². The van der Waals surface area contributed by atoms with Crippen LogP contribution in [0.1, 0.15) is 44.2 Å². The van der Waals surface area contributed by atoms with Gasteiger partial charge >= 0.3 is 0 Å². The van der Waals surface area contributed by atoms with Crippen molar-refractivity contribution in [3.8, 4) is 0 Å². The Morgan fingerprint density at radius 1 is 1.17 bits per heavy atom. The second-order valence-corrected chi connectivity index (χ2v) is 4.98. The molecule has 1 aliphatic rings. The summed E-state index contributed by atoms with van der Waals surface area (Å²) in [7, 11) is 0. The Kier molecular flexibility index (Phi) is 6.51. The molecular formula is C14H20Cl2N2. The van der Waals surface area contributed by atoms with E-state index in [1.807, 2.05) is 24.3 Å². The van der Waals surface area contributed by atoms with Crippen molar-refractivity contribution in [2.75, 3.05) is 6.54 Å². The number of nitrogens with one attached hydrogen (secondary N) is 1. The van der Waals surface area contributed by atoms with Crippen LogP contribution >= 0.6 is 24.0 Å². The third-order valence-corrected chi connectivity index (χ3v) is 3.37. The van der Waals surface area contributed by atoms with E-state index in [4.69, 9.17) is 16.6 Å². The summed E-state index contributed by atoms with van der Waals surface area (Å²) in [6, 6.07) is 8.15. The largest absolute Gasteiger partial charge is 0.374 e. The summed E-state index contributed by atoms with van der Waals surface area (Å²) in [4.78, 5) is 4.76. The van der Waals surface area contributed by atoms with Crippen LogP contribution in [0.5, 0.6) is 0 Å². The minimum Gasteiger partial charge on any atom is -0.374 e. The fourth-order valence-electron chi connectivity index (χ4n) is 2.08. The number of nitrogens with zero attached hydrogens (tertiary/aromatic N) is 1. The van der Waals surface area contributed by atoms with Gasteiger partial charge in [0.25, 0.3) is 0 Å². The van der Waals surface area contributed by atoms with Crippen molar-refractivity contribution in [1.82, 2.24) is 5.32 Å². The predicted molar refractivity (Wildman–Crippen MR) is 81.0 cm³/mol. The summed E-state index contributed by atoms with van der Waals surface area (Å²) in [6.45, 7) is 3.19. The molecule has 1 aliphatic heterocycles. The highest BCUT2D eigenvalue weighted by Gasteiger charge is 2.08. The number of halogens is 2. The first kappa shape index (κ1) is 15.3. The Hall–Kier alpha value is -0.730. The average Bonchev–Trinajstić information content (AvgIpc) is 2.58. The molecule has 4 heteroatoms. The van der Waals surface area contributed by atoms with Gasteiger partial charge in [0.15, 0.2) is 0 Å². The standard InChI is InChI=1S/C14H19ClN2.ClH/c1-11(12-6-8-13(15)9-7-12)17-14-5-3-2-4-10-16-14;/h6-9,11H,2-5,10H2,1H3,(H,16,17);1H. The zero-order chi connectivity index (χ0) is 12.1. The topological polar surface area (TPSA) is 24.4 Å². The van der Waals surface area contributed by atoms with Gasteiger partial charge in [-0.05, 0) is 37.5 Å². The SMILES string of the molecule is CC(N=C1CCCCCN1)c1ccc(Cl)cc1.Cl. The molecule has 1 fully saturated rings. The first-order valence-electron chi connectivity index (χ1n) is 6.32. The van der Waals surface area contributed by atoms with Crippen molar-refractivity contribution in [3.63, 3.8) is 0 Å². The van der Waals surface area contributed by atoms with Gasteiger partial charge in [0.05, 0.1) is 11.9 Å². The molecule has 100 valence electrons. The lowest BCUT2D eigenvalue weighted by atomic mass is 10.1. The normalized spacial score (nSPS) is 19.6. The fraction of sp³-hybridized carbons (Fsp3) is 0.500. The van der Waals surface area contributed by atoms with E-state index in [0.717, 1.165) is 23.8 Å². The monoisotopic (exact) mass is 286 g/mol. The molecule has 1 aromatic carbocycles. The summed E-state index contributed by atoms with van der Waals surface area (Å²) in [6.07, 6.45) is 4.90. The summed E-state index contributed by atoms with van der Waals surface area (Å²) >= 11 is 5.88. The Balaban J connectivity index is 0.00000162. The van der Waals surface area contributed by atoms with E-state index in [1.165, 1.54) is 24.8 Å². The van der Waals surface area contributed by atoms with Crippen LogP contribution < -0.4 is 5.32 Å². The van der Waals surface area contributed by atoms with Crippen LogP contribution in [0.15, 0.2) is 29.3 Å². The van der Waals surface area contributed by atoms with Gasteiger partial charge in [-0.3, -0.25) is 4.99 Å². The smallest absolute Gasteiger partial charge is 0.0970 e. The van der Waals surface area contributed by atoms with Crippen LogP contribution in [0.25, 0.3) is 0 Å². The van der Waals surface area contributed by atoms with Crippen LogP contribution in [-0.2, 0) is 0 Å². The van der Waals surface area contributed by atoms with E-state index in [2.05, 4.69) is 12.2 Å². The minimum atomic E-state index is 0. The molecule has 1 heterocycles. The Morgan fingerprint density at radius 3 is 2.61 bits per heavy atom. The maximum Gasteiger partial charge on any atom is 0.0970 e. The van der Waals surface area contributed by atoms with E-state index < -0.39 is 0 Å². The molecule has 0 saturated carbocycles. The third-order valence-electron chi connectivity index (χ3n) is 3.12. The molecule has 1 atom stereocenters. The zero-order valence-electron chi connectivity index (χ0n) is 10.7. The lowest BCUT2D eigenvalue weighted by molar-refractivity contribution is 0.721. The summed E-state index contributed by atoms with van der Waals surface area (Å²) in [5.74, 6) is 1.16. The Bertz CT molecular complexity index is 377. The van der Waals surface area contributed by atoms with Gasteiger partial charge in [0.1, 0.15) is 0 Å². The molecule has 0 bridgehead atoms. The average molecular weight is 287 g/mol. The molecule has 1 unspecified atom stereocenters. The van der Waals surface area contributed by atoms with Crippen LogP contribution in [0.3, 0.4) is 0 Å². The lowest BCUT2D eigenvalue weighted by Crippen LogP contribution is -2.22. The van der Waals surface area contributed by atoms with Gasteiger partial charge in [0, 0.05) is 18.0 Å². The van der Waals surface area contributed by atoms with Gasteiger partial charge in [-0.15, -0.1) is 12.4 Å². The molecule has 0 amide bonds. The predicted octanol–water partition coefficient (Wildman–Crippen LogP) is 4.38. The summed E-state index contributed by atoms with van der Waals surface area (Å²) in [5.41, 5.74) is 1.22. The fourth-order valence-corrected chi connectivity index (χ4v) is 2.20. The quantitative estimate of drug-likeness (QED) is 0.857. The van der Waals surface area contributed by atoms with Crippen LogP contribution in [0.2, 0.25) is 5.02 Å². The molecular weight excluding hydrogens is 267 g/mol. The molecule has 1 saturated heterocycles. The second kappa shape index (κ2) is 7.65. The Morgan fingerprint density at radius 2 is 1.89 bits per heavy atom. The van der Waals surface area contributed by atoms with Crippen molar-refractivity contribution >= 4 is 29.8 Å². The number of hydrogen-bond donors (Lipinski definition) is 1. The zero-order valence-corrected chi connectivity index (χ0v) is 12.2. The van der Waals surface area contributed by atoms with E-state index in [-0.39, 0.29) is 18.4 Å². The molecule has 2 rings (SSSR count). The van der Waals surface area contributed by atoms with Crippen LogP contribution in [0.4, 0.5) is 0 Å². The van der Waals surface area contributed by atoms with Crippen molar-refractivity contribution in [2.24, 2.45) is 4.99 Å². The lowest BCUT2D eigenvalue weighted by Gasteiger charge is -2.11. The van der Waals surface area contributed by atoms with E-state index in [9.17, 15) is 0 Å². The number of benzene rings is 1. The highest BCUT2D eigenvalue weighted by molar-refractivity contribution is 6.30. The molecule has 1 aromatic rings. The summed E-state index contributed by atoms with van der Waals surface area (Å²) < 4.78 is 0. The van der Waals surface area contributed by atoms with Crippen LogP contribution in [0, 0.1) is 0 Å². The second-order valence-electron chi connectivity index (χ2n) is 4.54. The molecule has 2 nitrogen and oxygen atoms in total. The molecule has 0 radical (unpaired) electrons. The molecule has 18 heavy (non-hydrogen) atoms. The number of rotatable bonds is 2. The van der Waals surface area contributed by atoms with Gasteiger partial charge in [-0.25, -0.2) is 0 Å². The highest BCUT2D eigenvalue weighted by Crippen LogP contribution is 2.20. The van der Waals surface area contributed by atoms with Crippen LogP contribution in [-0.4, -0.2) is 12.4 Å². The van der Waals surface area contributed by atoms with Crippen molar-refractivity contribution < 1.29 is 0 Å². The minimum absolute atomic E-state index is 0.